The largest absolute Gasteiger partial charge is 0.464 e. The van der Waals surface area contributed by atoms with Gasteiger partial charge in [0.25, 0.3) is 0 Å². The van der Waals surface area contributed by atoms with Gasteiger partial charge in [-0.15, -0.1) is 0 Å². The second-order valence-electron chi connectivity index (χ2n) is 15.3. The normalized spacial score (nSPS) is 33.5. The molecule has 62 heavy (non-hydrogen) atoms. The third-order valence-electron chi connectivity index (χ3n) is 10.6. The Kier molecular flexibility index (Phi) is 25.4. The van der Waals surface area contributed by atoms with Crippen LogP contribution in [0.4, 0.5) is 0 Å². The van der Waals surface area contributed by atoms with Crippen molar-refractivity contribution in [3.63, 3.8) is 0 Å². The number of ether oxygens (including phenoxy) is 11. The lowest BCUT2D eigenvalue weighted by Gasteiger charge is -2.50. The van der Waals surface area contributed by atoms with Crippen LogP contribution in [0.1, 0.15) is 106 Å². The van der Waals surface area contributed by atoms with Crippen LogP contribution in [0.3, 0.4) is 0 Å². The molecule has 15 atom stereocenters. The molecule has 3 N–H and O–H groups in total. The summed E-state index contributed by atoms with van der Waals surface area (Å²) in [5.41, 5.74) is 19.2. The summed E-state index contributed by atoms with van der Waals surface area (Å²) in [6.45, 7) is 10.6. The van der Waals surface area contributed by atoms with Crippen LogP contribution in [-0.4, -0.2) is 165 Å². The van der Waals surface area contributed by atoms with Gasteiger partial charge in [-0.05, 0) is 43.2 Å². The summed E-state index contributed by atoms with van der Waals surface area (Å²) in [6, 6.07) is -2.72. The molecule has 3 aliphatic rings. The molecule has 0 bridgehead atoms. The Morgan fingerprint density at radius 1 is 0.581 bits per heavy atom. The molecular weight excluding hydrogens is 820 g/mol. The van der Waals surface area contributed by atoms with Gasteiger partial charge in [0.15, 0.2) is 18.7 Å². The maximum atomic E-state index is 14.2. The molecule has 0 aromatic heterocycles. The van der Waals surface area contributed by atoms with Crippen LogP contribution in [0.5, 0.6) is 0 Å². The summed E-state index contributed by atoms with van der Waals surface area (Å²) in [5.74, 6) is -1.67. The van der Waals surface area contributed by atoms with Crippen molar-refractivity contribution < 1.29 is 77.0 Å². The number of unbranched alkanes of at least 4 members (excludes halogenated alkanes) is 5. The van der Waals surface area contributed by atoms with Crippen molar-refractivity contribution in [3.05, 3.63) is 20.9 Å². The molecule has 4 unspecified atom stereocenters. The van der Waals surface area contributed by atoms with E-state index in [-0.39, 0.29) is 26.4 Å². The van der Waals surface area contributed by atoms with Gasteiger partial charge >= 0.3 is 11.9 Å². The van der Waals surface area contributed by atoms with E-state index in [0.717, 1.165) is 32.6 Å². The monoisotopic (exact) mass is 890 g/mol. The number of hydrogen-bond donors (Lipinski definition) is 3. The summed E-state index contributed by atoms with van der Waals surface area (Å²) < 4.78 is 68.1. The Hall–Kier alpha value is -2.92. The summed E-state index contributed by atoms with van der Waals surface area (Å²) in [5, 5.41) is 40.4. The minimum Gasteiger partial charge on any atom is -0.464 e. The van der Waals surface area contributed by atoms with Gasteiger partial charge in [0.05, 0.1) is 32.0 Å². The van der Waals surface area contributed by atoms with E-state index >= 15 is 0 Å². The average molecular weight is 891 g/mol. The molecular formula is C40H70N6O16. The minimum absolute atomic E-state index is 0.0242. The molecule has 3 rings (SSSR count). The number of aliphatic hydroxyl groups is 3. The molecule has 3 saturated heterocycles. The zero-order valence-electron chi connectivity index (χ0n) is 37.0. The molecule has 3 heterocycles. The van der Waals surface area contributed by atoms with Crippen molar-refractivity contribution in [2.75, 3.05) is 46.2 Å². The molecule has 0 aromatic carbocycles. The maximum Gasteiger partial charge on any atom is 0.338 e. The Bertz CT molecular complexity index is 1390. The molecule has 0 amide bonds. The van der Waals surface area contributed by atoms with Gasteiger partial charge in [-0.25, -0.2) is 4.79 Å². The van der Waals surface area contributed by atoms with E-state index in [1.807, 2.05) is 34.6 Å². The molecule has 3 aliphatic heterocycles. The molecule has 0 spiro atoms. The number of esters is 2. The summed E-state index contributed by atoms with van der Waals surface area (Å²) in [4.78, 5) is 32.0. The van der Waals surface area contributed by atoms with E-state index in [4.69, 9.17) is 52.1 Å². The fourth-order valence-electron chi connectivity index (χ4n) is 7.18. The average Bonchev–Trinajstić information content (AvgIpc) is 3.25. The van der Waals surface area contributed by atoms with E-state index in [2.05, 4.69) is 20.1 Å². The zero-order chi connectivity index (χ0) is 45.4. The van der Waals surface area contributed by atoms with Crippen molar-refractivity contribution in [2.45, 2.75) is 198 Å². The van der Waals surface area contributed by atoms with E-state index in [1.54, 1.807) is 0 Å². The van der Waals surface area contributed by atoms with Crippen LogP contribution in [0.2, 0.25) is 0 Å². The van der Waals surface area contributed by atoms with Gasteiger partial charge in [-0.3, -0.25) is 4.79 Å². The van der Waals surface area contributed by atoms with Crippen LogP contribution < -0.4 is 0 Å². The first-order valence-electron chi connectivity index (χ1n) is 22.1. The highest BCUT2D eigenvalue weighted by atomic mass is 16.8. The highest BCUT2D eigenvalue weighted by molar-refractivity contribution is 5.76. The predicted molar refractivity (Wildman–Crippen MR) is 218 cm³/mol. The van der Waals surface area contributed by atoms with Gasteiger partial charge in [-0.1, -0.05) is 77.0 Å². The lowest BCUT2D eigenvalue weighted by atomic mass is 9.94. The third kappa shape index (κ3) is 15.4. The Labute approximate surface area is 363 Å². The Balaban J connectivity index is 2.18. The first-order valence-corrected chi connectivity index (χ1v) is 22.1. The highest BCUT2D eigenvalue weighted by Crippen LogP contribution is 2.37. The molecule has 22 nitrogen and oxygen atoms in total. The van der Waals surface area contributed by atoms with Crippen molar-refractivity contribution in [1.82, 2.24) is 0 Å². The molecule has 0 aromatic rings. The van der Waals surface area contributed by atoms with Crippen molar-refractivity contribution >= 4 is 11.9 Å². The second kappa shape index (κ2) is 29.5. The summed E-state index contributed by atoms with van der Waals surface area (Å²) in [7, 11) is 0. The fraction of sp³-hybridized carbons (Fsp3) is 0.950. The Morgan fingerprint density at radius 3 is 1.58 bits per heavy atom. The second-order valence-corrected chi connectivity index (χ2v) is 15.3. The van der Waals surface area contributed by atoms with Crippen LogP contribution in [0.25, 0.3) is 20.9 Å². The van der Waals surface area contributed by atoms with Crippen LogP contribution in [0, 0.1) is 0 Å². The maximum absolute atomic E-state index is 14.2. The number of carbonyl (C=O) groups excluding carboxylic acids is 2. The van der Waals surface area contributed by atoms with Crippen LogP contribution in [-0.2, 0) is 61.7 Å². The van der Waals surface area contributed by atoms with Crippen molar-refractivity contribution in [2.24, 2.45) is 10.2 Å². The van der Waals surface area contributed by atoms with E-state index in [1.165, 1.54) is 0 Å². The number of azide groups is 2. The fourth-order valence-corrected chi connectivity index (χ4v) is 7.18. The molecule has 3 fully saturated rings. The van der Waals surface area contributed by atoms with Gasteiger partial charge in [-0.2, -0.15) is 0 Å². The minimum atomic E-state index is -1.74. The number of carbonyl (C=O) groups is 2. The third-order valence-corrected chi connectivity index (χ3v) is 10.6. The SMILES string of the molecule is CCCCOC(=O)[C@@H]1O[C@@H](O[C@@H]2C(CO)O[C@@H](OC(C)=O)[C@@H](N=[N+]=[N-])C2O)[C@@H](OCCCC)C(OCCCC)[C@@H]1O[C@H]1O[C@@H](CO)[C@@H](OCCCC)[C@H](OCCCC)C1N=[N+]=[N-]. The van der Waals surface area contributed by atoms with E-state index < -0.39 is 117 Å². The van der Waals surface area contributed by atoms with E-state index in [0.29, 0.717) is 45.1 Å². The van der Waals surface area contributed by atoms with Gasteiger partial charge in [0, 0.05) is 43.2 Å². The van der Waals surface area contributed by atoms with E-state index in [9.17, 15) is 36.0 Å². The zero-order valence-corrected chi connectivity index (χ0v) is 37.0. The lowest BCUT2D eigenvalue weighted by molar-refractivity contribution is -0.369. The van der Waals surface area contributed by atoms with Crippen molar-refractivity contribution in [1.29, 1.82) is 0 Å². The highest BCUT2D eigenvalue weighted by Gasteiger charge is 2.58. The van der Waals surface area contributed by atoms with Crippen LogP contribution in [0.15, 0.2) is 10.2 Å². The molecule has 0 radical (unpaired) electrons. The van der Waals surface area contributed by atoms with Crippen LogP contribution >= 0.6 is 0 Å². The van der Waals surface area contributed by atoms with Gasteiger partial charge in [0.2, 0.25) is 6.29 Å². The lowest BCUT2D eigenvalue weighted by Crippen LogP contribution is -2.68. The quantitative estimate of drug-likeness (QED) is 0.0310. The standard InChI is InChI=1S/C40H70N6O16/c1-7-12-17-52-31-26(23-48)59-39(28(44-46-42)32(31)53-18-13-8-2)61-34-33(54-19-14-9-3)36(55-20-15-10-4)40(62-35(34)37(51)56-21-16-11-5)60-30-25(22-47)58-38(57-24(6)49)27(29(30)50)43-45-41/h25-36,38-40,47-48,50H,7-23H2,1-6H3/t25?,26-,27-,28?,29?,30+,31+,32+,33?,34-,35+,36-,38+,39+,40+/m0/s1. The number of hydrogen-bond acceptors (Lipinski definition) is 18. The summed E-state index contributed by atoms with van der Waals surface area (Å²) >= 11 is 0. The first-order chi connectivity index (χ1) is 30.1. The number of rotatable bonds is 29. The van der Waals surface area contributed by atoms with Gasteiger partial charge in [0.1, 0.15) is 54.8 Å². The van der Waals surface area contributed by atoms with Gasteiger partial charge < -0.3 is 67.4 Å². The smallest absolute Gasteiger partial charge is 0.338 e. The first kappa shape index (κ1) is 53.4. The molecule has 0 saturated carbocycles. The number of aliphatic hydroxyl groups excluding tert-OH is 3. The van der Waals surface area contributed by atoms with Crippen molar-refractivity contribution in [3.8, 4) is 0 Å². The predicted octanol–water partition coefficient (Wildman–Crippen LogP) is 4.28. The molecule has 356 valence electrons. The molecule has 22 heteroatoms. The molecule has 0 aliphatic carbocycles. The topological polar surface area (TPSA) is 294 Å². The Morgan fingerprint density at radius 2 is 1.05 bits per heavy atom. The summed E-state index contributed by atoms with van der Waals surface area (Å²) in [6.07, 6.45) is -10.6. The number of nitrogens with zero attached hydrogens (tertiary/aromatic N) is 6.